The molecule has 2 atom stereocenters. The molecule has 1 fully saturated rings. The van der Waals surface area contributed by atoms with E-state index in [0.717, 1.165) is 28.7 Å². The minimum absolute atomic E-state index is 0.0737. The van der Waals surface area contributed by atoms with E-state index >= 15 is 0 Å². The number of hydrogen-bond donors (Lipinski definition) is 4. The molecule has 2 heterocycles. The van der Waals surface area contributed by atoms with Gasteiger partial charge in [-0.15, -0.1) is 10.2 Å². The number of likely N-dealkylation sites (tertiary alicyclic amines) is 1. The van der Waals surface area contributed by atoms with Gasteiger partial charge in [0.25, 0.3) is 0 Å². The Morgan fingerprint density at radius 1 is 1.10 bits per heavy atom. The molecule has 218 valence electrons. The number of aromatic amines is 1. The van der Waals surface area contributed by atoms with Gasteiger partial charge in [-0.2, -0.15) is 10.5 Å². The Bertz CT molecular complexity index is 1480. The second kappa shape index (κ2) is 11.7. The normalized spacial score (nSPS) is 18.0. The number of amides is 3. The van der Waals surface area contributed by atoms with Gasteiger partial charge in [0.2, 0.25) is 17.7 Å². The van der Waals surface area contributed by atoms with Crippen molar-refractivity contribution in [3.63, 3.8) is 0 Å². The fourth-order valence-electron chi connectivity index (χ4n) is 6.44. The second-order valence-corrected chi connectivity index (χ2v) is 11.4. The highest BCUT2D eigenvalue weighted by atomic mass is 16.2. The number of hydrogen-bond acceptors (Lipinski definition) is 8. The zero-order chi connectivity index (χ0) is 30.0. The molecule has 2 aliphatic rings. The number of carbonyl (C=O) groups excluding carboxylic acids is 3. The first-order chi connectivity index (χ1) is 20.1. The van der Waals surface area contributed by atoms with E-state index < -0.39 is 23.3 Å². The van der Waals surface area contributed by atoms with Crippen LogP contribution in [0, 0.1) is 17.2 Å². The van der Waals surface area contributed by atoms with Crippen LogP contribution in [-0.4, -0.2) is 68.4 Å². The molecule has 3 aromatic rings. The number of carbonyl (C=O) groups is 3. The van der Waals surface area contributed by atoms with Crippen LogP contribution in [0.3, 0.4) is 0 Å². The number of aromatic nitrogens is 4. The highest BCUT2D eigenvalue weighted by Crippen LogP contribution is 2.47. The lowest BCUT2D eigenvalue weighted by atomic mass is 9.66. The number of primary amides is 2. The van der Waals surface area contributed by atoms with Gasteiger partial charge in [0, 0.05) is 23.7 Å². The lowest BCUT2D eigenvalue weighted by molar-refractivity contribution is -0.130. The third kappa shape index (κ3) is 5.23. The quantitative estimate of drug-likeness (QED) is 0.296. The van der Waals surface area contributed by atoms with Gasteiger partial charge in [-0.05, 0) is 84.5 Å². The van der Waals surface area contributed by atoms with Gasteiger partial charge in [-0.1, -0.05) is 31.2 Å². The minimum atomic E-state index is -0.964. The summed E-state index contributed by atoms with van der Waals surface area (Å²) in [6.07, 6.45) is 3.09. The van der Waals surface area contributed by atoms with E-state index in [1.165, 1.54) is 0 Å². The van der Waals surface area contributed by atoms with Crippen LogP contribution in [-0.2, 0) is 23.1 Å². The SMILES string of the molecule is CC(C)[C@@H](CC1(c2nn[nH]n2)c2ccc(C(N)=O)cc2CCc2cc(C(N)=O)ccc21)NCC(=O)N1CCCC1C#N. The summed E-state index contributed by atoms with van der Waals surface area (Å²) in [5.74, 6) is -0.667. The fraction of sp³-hybridized carbons (Fsp3) is 0.433. The maximum atomic E-state index is 13.2. The molecule has 1 unspecified atom stereocenters. The Morgan fingerprint density at radius 2 is 1.71 bits per heavy atom. The number of H-pyrrole nitrogens is 1. The standard InChI is InChI=1S/C30H35N9O3/c1-17(2)25(34-16-26(40)39-11-3-4-22(39)15-31)14-30(29-35-37-38-36-29)23-9-7-20(27(32)41)12-18(23)5-6-19-13-21(28(33)42)8-10-24(19)30/h7-10,12-13,17,22,25,34H,3-6,11,14,16H2,1-2H3,(H2,32,41)(H2,33,42)(H,35,36,37,38)/t22?,25-/m1/s1. The molecule has 5 rings (SSSR count). The number of nitriles is 1. The molecule has 12 heteroatoms. The van der Waals surface area contributed by atoms with Gasteiger partial charge in [0.1, 0.15) is 6.04 Å². The highest BCUT2D eigenvalue weighted by molar-refractivity contribution is 5.94. The Balaban J connectivity index is 1.64. The largest absolute Gasteiger partial charge is 0.366 e. The van der Waals surface area contributed by atoms with Crippen LogP contribution in [0.2, 0.25) is 0 Å². The number of tetrazole rings is 1. The van der Waals surface area contributed by atoms with Crippen LogP contribution in [0.15, 0.2) is 36.4 Å². The average molecular weight is 570 g/mol. The van der Waals surface area contributed by atoms with E-state index in [9.17, 15) is 19.6 Å². The van der Waals surface area contributed by atoms with Crippen LogP contribution < -0.4 is 16.8 Å². The first-order valence-corrected chi connectivity index (χ1v) is 14.2. The van der Waals surface area contributed by atoms with Crippen LogP contribution in [0.1, 0.15) is 81.9 Å². The average Bonchev–Trinajstić information content (AvgIpc) is 3.67. The highest BCUT2D eigenvalue weighted by Gasteiger charge is 2.46. The van der Waals surface area contributed by atoms with Gasteiger partial charge >= 0.3 is 0 Å². The summed E-state index contributed by atoms with van der Waals surface area (Å²) in [6.45, 7) is 4.79. The molecule has 6 N–H and O–H groups in total. The van der Waals surface area contributed by atoms with Crippen molar-refractivity contribution in [2.45, 2.75) is 63.5 Å². The van der Waals surface area contributed by atoms with Gasteiger partial charge in [0.15, 0.2) is 5.82 Å². The molecule has 0 radical (unpaired) electrons. The zero-order valence-electron chi connectivity index (χ0n) is 23.8. The molecule has 3 amide bonds. The molecule has 0 spiro atoms. The van der Waals surface area contributed by atoms with E-state index in [2.05, 4.69) is 45.9 Å². The maximum absolute atomic E-state index is 13.2. The van der Waals surface area contributed by atoms with Crippen molar-refractivity contribution in [1.82, 2.24) is 30.8 Å². The minimum Gasteiger partial charge on any atom is -0.366 e. The molecule has 0 saturated carbocycles. The molecule has 2 aromatic carbocycles. The van der Waals surface area contributed by atoms with Gasteiger partial charge in [-0.3, -0.25) is 14.4 Å². The lowest BCUT2D eigenvalue weighted by Crippen LogP contribution is -2.48. The number of rotatable bonds is 9. The van der Waals surface area contributed by atoms with Crippen molar-refractivity contribution in [3.8, 4) is 6.07 Å². The maximum Gasteiger partial charge on any atom is 0.248 e. The van der Waals surface area contributed by atoms with Crippen molar-refractivity contribution >= 4 is 17.7 Å². The van der Waals surface area contributed by atoms with E-state index in [1.807, 2.05) is 24.3 Å². The summed E-state index contributed by atoms with van der Waals surface area (Å²) in [7, 11) is 0. The predicted molar refractivity (Wildman–Crippen MR) is 153 cm³/mol. The van der Waals surface area contributed by atoms with Gasteiger partial charge < -0.3 is 21.7 Å². The molecule has 1 aromatic heterocycles. The van der Waals surface area contributed by atoms with Crippen molar-refractivity contribution in [3.05, 3.63) is 75.6 Å². The van der Waals surface area contributed by atoms with E-state index in [1.54, 1.807) is 17.0 Å². The molecular formula is C30H35N9O3. The van der Waals surface area contributed by atoms with Crippen molar-refractivity contribution in [2.75, 3.05) is 13.1 Å². The molecule has 12 nitrogen and oxygen atoms in total. The van der Waals surface area contributed by atoms with Crippen molar-refractivity contribution < 1.29 is 14.4 Å². The molecular weight excluding hydrogens is 534 g/mol. The van der Waals surface area contributed by atoms with Gasteiger partial charge in [0.05, 0.1) is 18.0 Å². The van der Waals surface area contributed by atoms with Crippen molar-refractivity contribution in [1.29, 1.82) is 5.26 Å². The monoisotopic (exact) mass is 569 g/mol. The van der Waals surface area contributed by atoms with Gasteiger partial charge in [-0.25, -0.2) is 0 Å². The van der Waals surface area contributed by atoms with E-state index in [0.29, 0.717) is 49.2 Å². The van der Waals surface area contributed by atoms with Crippen molar-refractivity contribution in [2.24, 2.45) is 17.4 Å². The Hall–Kier alpha value is -4.63. The summed E-state index contributed by atoms with van der Waals surface area (Å²) < 4.78 is 0. The van der Waals surface area contributed by atoms with Crippen LogP contribution >= 0.6 is 0 Å². The number of fused-ring (bicyclic) bond motifs is 2. The second-order valence-electron chi connectivity index (χ2n) is 11.4. The Kier molecular flexibility index (Phi) is 8.04. The van der Waals surface area contributed by atoms with Crippen LogP contribution in [0.25, 0.3) is 0 Å². The predicted octanol–water partition coefficient (Wildman–Crippen LogP) is 1.35. The zero-order valence-corrected chi connectivity index (χ0v) is 23.8. The summed E-state index contributed by atoms with van der Waals surface area (Å²) in [5.41, 5.74) is 14.7. The lowest BCUT2D eigenvalue weighted by Gasteiger charge is -2.38. The molecule has 42 heavy (non-hydrogen) atoms. The van der Waals surface area contributed by atoms with Crippen LogP contribution in [0.4, 0.5) is 0 Å². The van der Waals surface area contributed by atoms with E-state index in [4.69, 9.17) is 11.5 Å². The fourth-order valence-corrected chi connectivity index (χ4v) is 6.44. The number of nitrogens with one attached hydrogen (secondary N) is 2. The number of benzene rings is 2. The molecule has 1 saturated heterocycles. The summed E-state index contributed by atoms with van der Waals surface area (Å²) in [6, 6.07) is 12.4. The number of nitrogens with two attached hydrogens (primary N) is 2. The first-order valence-electron chi connectivity index (χ1n) is 14.2. The summed E-state index contributed by atoms with van der Waals surface area (Å²) in [5, 5.41) is 28.5. The summed E-state index contributed by atoms with van der Waals surface area (Å²) >= 11 is 0. The van der Waals surface area contributed by atoms with E-state index in [-0.39, 0.29) is 24.4 Å². The topological polar surface area (TPSA) is 197 Å². The Morgan fingerprint density at radius 3 is 2.21 bits per heavy atom. The smallest absolute Gasteiger partial charge is 0.248 e. The molecule has 0 bridgehead atoms. The number of aryl methyl sites for hydroxylation is 2. The Labute approximate surface area is 243 Å². The molecule has 1 aliphatic heterocycles. The molecule has 1 aliphatic carbocycles. The number of nitrogens with zero attached hydrogens (tertiary/aromatic N) is 5. The third-order valence-corrected chi connectivity index (χ3v) is 8.66. The summed E-state index contributed by atoms with van der Waals surface area (Å²) in [4.78, 5) is 39.1. The third-order valence-electron chi connectivity index (χ3n) is 8.66. The first kappa shape index (κ1) is 28.9. The van der Waals surface area contributed by atoms with Crippen LogP contribution in [0.5, 0.6) is 0 Å².